The van der Waals surface area contributed by atoms with E-state index in [9.17, 15) is 4.79 Å². The molecule has 0 saturated heterocycles. The molecule has 0 unspecified atom stereocenters. The van der Waals surface area contributed by atoms with Gasteiger partial charge in [-0.05, 0) is 31.4 Å². The van der Waals surface area contributed by atoms with Crippen LogP contribution in [0.1, 0.15) is 33.6 Å². The van der Waals surface area contributed by atoms with Crippen molar-refractivity contribution in [3.63, 3.8) is 0 Å². The summed E-state index contributed by atoms with van der Waals surface area (Å²) in [6.45, 7) is 3.43. The molecule has 4 aromatic rings. The highest BCUT2D eigenvalue weighted by molar-refractivity contribution is 6.08. The topological polar surface area (TPSA) is 97.9 Å². The number of fused-ring (bicyclic) bond motifs is 2. The number of hydrogen-bond acceptors (Lipinski definition) is 5. The maximum atomic E-state index is 12.2. The molecule has 0 radical (unpaired) electrons. The van der Waals surface area contributed by atoms with Gasteiger partial charge in [0.2, 0.25) is 5.95 Å². The molecule has 5 rings (SSSR count). The van der Waals surface area contributed by atoms with Gasteiger partial charge in [-0.2, -0.15) is 9.97 Å². The predicted molar refractivity (Wildman–Crippen MR) is 123 cm³/mol. The van der Waals surface area contributed by atoms with Crippen LogP contribution in [-0.2, 0) is 13.0 Å². The Hall–Kier alpha value is -3.87. The van der Waals surface area contributed by atoms with Crippen molar-refractivity contribution >= 4 is 28.4 Å². The highest BCUT2D eigenvalue weighted by Gasteiger charge is 2.23. The van der Waals surface area contributed by atoms with Crippen LogP contribution in [0.15, 0.2) is 54.6 Å². The van der Waals surface area contributed by atoms with E-state index in [4.69, 9.17) is 15.7 Å². The van der Waals surface area contributed by atoms with Crippen LogP contribution in [0.2, 0.25) is 0 Å². The monoisotopic (exact) mass is 412 g/mol. The summed E-state index contributed by atoms with van der Waals surface area (Å²) in [7, 11) is 0. The molecule has 0 saturated carbocycles. The second-order valence-electron chi connectivity index (χ2n) is 7.75. The van der Waals surface area contributed by atoms with E-state index in [2.05, 4.69) is 22.8 Å². The normalized spacial score (nSPS) is 12.9. The molecule has 0 bridgehead atoms. The molecule has 2 aromatic carbocycles. The minimum atomic E-state index is -0.453. The number of aromatic nitrogens is 3. The first-order valence-corrected chi connectivity index (χ1v) is 10.5. The Kier molecular flexibility index (Phi) is 4.78. The third-order valence-electron chi connectivity index (χ3n) is 5.75. The molecule has 156 valence electrons. The number of benzene rings is 2. The van der Waals surface area contributed by atoms with Crippen molar-refractivity contribution in [3.05, 3.63) is 77.0 Å². The van der Waals surface area contributed by atoms with Crippen molar-refractivity contribution in [1.29, 1.82) is 0 Å². The van der Waals surface area contributed by atoms with E-state index >= 15 is 0 Å². The average molecular weight is 412 g/mol. The Morgan fingerprint density at radius 2 is 1.90 bits per heavy atom. The molecular weight excluding hydrogens is 388 g/mol. The van der Waals surface area contributed by atoms with Crippen LogP contribution in [0.5, 0.6) is 0 Å². The van der Waals surface area contributed by atoms with Crippen LogP contribution < -0.4 is 16.4 Å². The summed E-state index contributed by atoms with van der Waals surface area (Å²) in [6.07, 6.45) is 1.95. The molecule has 2 aromatic heterocycles. The third-order valence-corrected chi connectivity index (χ3v) is 5.75. The molecule has 3 heterocycles. The SMILES string of the molecule is Cc1c(C(N)=O)c2ccccc2n1-c1nc2c(c(NCc3ccccc3)n1)CCCN2. The van der Waals surface area contributed by atoms with Gasteiger partial charge in [0.05, 0.1) is 11.1 Å². The summed E-state index contributed by atoms with van der Waals surface area (Å²) in [4.78, 5) is 21.9. The zero-order valence-corrected chi connectivity index (χ0v) is 17.4. The Morgan fingerprint density at radius 3 is 2.71 bits per heavy atom. The molecular formula is C24H24N6O. The molecule has 0 spiro atoms. The zero-order valence-electron chi connectivity index (χ0n) is 17.4. The van der Waals surface area contributed by atoms with Crippen molar-refractivity contribution in [1.82, 2.24) is 14.5 Å². The summed E-state index contributed by atoms with van der Waals surface area (Å²) < 4.78 is 1.92. The van der Waals surface area contributed by atoms with E-state index < -0.39 is 5.91 Å². The van der Waals surface area contributed by atoms with Crippen LogP contribution >= 0.6 is 0 Å². The van der Waals surface area contributed by atoms with Crippen molar-refractivity contribution in [2.75, 3.05) is 17.2 Å². The number of nitrogens with one attached hydrogen (secondary N) is 2. The number of primary amides is 1. The molecule has 1 aliphatic rings. The van der Waals surface area contributed by atoms with Gasteiger partial charge in [0.1, 0.15) is 11.6 Å². The molecule has 7 nitrogen and oxygen atoms in total. The molecule has 4 N–H and O–H groups in total. The number of rotatable bonds is 5. The lowest BCUT2D eigenvalue weighted by atomic mass is 10.1. The van der Waals surface area contributed by atoms with Crippen LogP contribution in [0.3, 0.4) is 0 Å². The maximum absolute atomic E-state index is 12.2. The predicted octanol–water partition coefficient (Wildman–Crippen LogP) is 3.80. The van der Waals surface area contributed by atoms with E-state index in [0.29, 0.717) is 18.1 Å². The van der Waals surface area contributed by atoms with Crippen molar-refractivity contribution in [2.24, 2.45) is 5.73 Å². The van der Waals surface area contributed by atoms with Crippen molar-refractivity contribution in [3.8, 4) is 5.95 Å². The molecule has 7 heteroatoms. The van der Waals surface area contributed by atoms with E-state index in [1.54, 1.807) is 0 Å². The van der Waals surface area contributed by atoms with Gasteiger partial charge in [0.25, 0.3) is 5.91 Å². The Morgan fingerprint density at radius 1 is 1.13 bits per heavy atom. The second kappa shape index (κ2) is 7.75. The van der Waals surface area contributed by atoms with Gasteiger partial charge < -0.3 is 16.4 Å². The van der Waals surface area contributed by atoms with Crippen molar-refractivity contribution in [2.45, 2.75) is 26.3 Å². The van der Waals surface area contributed by atoms with Crippen LogP contribution in [0.25, 0.3) is 16.9 Å². The highest BCUT2D eigenvalue weighted by atomic mass is 16.1. The first-order valence-electron chi connectivity index (χ1n) is 10.5. The number of carbonyl (C=O) groups is 1. The van der Waals surface area contributed by atoms with E-state index in [1.807, 2.05) is 54.0 Å². The van der Waals surface area contributed by atoms with Gasteiger partial charge in [-0.1, -0.05) is 48.5 Å². The summed E-state index contributed by atoms with van der Waals surface area (Å²) in [6, 6.07) is 17.9. The molecule has 1 aliphatic heterocycles. The first kappa shape index (κ1) is 19.1. The number of amides is 1. The fourth-order valence-corrected chi connectivity index (χ4v) is 4.29. The van der Waals surface area contributed by atoms with Gasteiger partial charge >= 0.3 is 0 Å². The minimum Gasteiger partial charge on any atom is -0.370 e. The average Bonchev–Trinajstić information content (AvgIpc) is 3.10. The standard InChI is InChI=1S/C24H24N6O/c1-15-20(21(25)31)17-10-5-6-12-19(17)30(15)24-28-22-18(11-7-13-26-22)23(29-24)27-14-16-8-3-2-4-9-16/h2-6,8-10,12H,7,11,13-14H2,1H3,(H2,25,31)(H2,26,27,28,29). The van der Waals surface area contributed by atoms with Crippen LogP contribution in [0.4, 0.5) is 11.6 Å². The quantitative estimate of drug-likeness (QED) is 0.463. The van der Waals surface area contributed by atoms with Crippen LogP contribution in [-0.4, -0.2) is 27.0 Å². The molecule has 1 amide bonds. The van der Waals surface area contributed by atoms with Gasteiger partial charge in [-0.3, -0.25) is 9.36 Å². The van der Waals surface area contributed by atoms with Gasteiger partial charge in [-0.25, -0.2) is 0 Å². The number of carbonyl (C=O) groups excluding carboxylic acids is 1. The van der Waals surface area contributed by atoms with E-state index in [-0.39, 0.29) is 0 Å². The lowest BCUT2D eigenvalue weighted by molar-refractivity contribution is 0.100. The highest BCUT2D eigenvalue weighted by Crippen LogP contribution is 2.32. The molecule has 0 atom stereocenters. The number of anilines is 2. The summed E-state index contributed by atoms with van der Waals surface area (Å²) in [5.41, 5.74) is 10.1. The number of nitrogens with two attached hydrogens (primary N) is 1. The molecule has 31 heavy (non-hydrogen) atoms. The minimum absolute atomic E-state index is 0.453. The lowest BCUT2D eigenvalue weighted by Crippen LogP contribution is -2.19. The summed E-state index contributed by atoms with van der Waals surface area (Å²) in [5, 5.41) is 7.72. The van der Waals surface area contributed by atoms with Gasteiger partial charge in [-0.15, -0.1) is 0 Å². The first-order chi connectivity index (χ1) is 15.1. The Labute approximate surface area is 180 Å². The fourth-order valence-electron chi connectivity index (χ4n) is 4.29. The zero-order chi connectivity index (χ0) is 21.4. The fraction of sp³-hybridized carbons (Fsp3) is 0.208. The lowest BCUT2D eigenvalue weighted by Gasteiger charge is -2.22. The Balaban J connectivity index is 1.65. The van der Waals surface area contributed by atoms with Gasteiger partial charge in [0.15, 0.2) is 0 Å². The largest absolute Gasteiger partial charge is 0.370 e. The Bertz CT molecular complexity index is 1280. The van der Waals surface area contributed by atoms with Crippen LogP contribution in [0, 0.1) is 6.92 Å². The van der Waals surface area contributed by atoms with Gasteiger partial charge in [0, 0.05) is 29.7 Å². The smallest absolute Gasteiger partial charge is 0.251 e. The number of nitrogens with zero attached hydrogens (tertiary/aromatic N) is 3. The maximum Gasteiger partial charge on any atom is 0.251 e. The molecule has 0 aliphatic carbocycles. The van der Waals surface area contributed by atoms with E-state index in [0.717, 1.165) is 53.2 Å². The second-order valence-corrected chi connectivity index (χ2v) is 7.75. The van der Waals surface area contributed by atoms with Crippen molar-refractivity contribution < 1.29 is 4.79 Å². The van der Waals surface area contributed by atoms with E-state index in [1.165, 1.54) is 5.56 Å². The molecule has 0 fully saturated rings. The number of para-hydroxylation sites is 1. The number of hydrogen-bond donors (Lipinski definition) is 3. The third kappa shape index (κ3) is 3.38. The summed E-state index contributed by atoms with van der Waals surface area (Å²) >= 11 is 0. The summed E-state index contributed by atoms with van der Waals surface area (Å²) in [5.74, 6) is 1.72.